The first-order valence-corrected chi connectivity index (χ1v) is 6.21. The molecule has 6 nitrogen and oxygen atoms in total. The summed E-state index contributed by atoms with van der Waals surface area (Å²) in [6.07, 6.45) is 3.28. The van der Waals surface area contributed by atoms with Crippen molar-refractivity contribution < 1.29 is 9.32 Å². The lowest BCUT2D eigenvalue weighted by Crippen LogP contribution is -2.22. The minimum Gasteiger partial charge on any atom is -0.360 e. The number of thioether (sulfide) groups is 1. The fraction of sp³-hybridized carbons (Fsp3) is 0.273. The van der Waals surface area contributed by atoms with Crippen LogP contribution < -0.4 is 5.32 Å². The highest BCUT2D eigenvalue weighted by molar-refractivity contribution is 8.00. The lowest BCUT2D eigenvalue weighted by Gasteiger charge is -2.08. The van der Waals surface area contributed by atoms with Gasteiger partial charge in [0, 0.05) is 18.5 Å². The summed E-state index contributed by atoms with van der Waals surface area (Å²) in [6.45, 7) is 3.54. The molecule has 0 radical (unpaired) electrons. The number of aryl methyl sites for hydroxylation is 1. The van der Waals surface area contributed by atoms with Crippen molar-refractivity contribution >= 4 is 23.5 Å². The number of amides is 1. The van der Waals surface area contributed by atoms with E-state index in [1.165, 1.54) is 11.8 Å². The number of hydrogen-bond acceptors (Lipinski definition) is 6. The third-order valence-electron chi connectivity index (χ3n) is 2.07. The maximum absolute atomic E-state index is 11.9. The van der Waals surface area contributed by atoms with Crippen LogP contribution in [0, 0.1) is 6.92 Å². The minimum absolute atomic E-state index is 0.166. The quantitative estimate of drug-likeness (QED) is 0.671. The Hall–Kier alpha value is -1.89. The van der Waals surface area contributed by atoms with E-state index < -0.39 is 0 Å². The molecular weight excluding hydrogens is 252 g/mol. The number of carbonyl (C=O) groups excluding carboxylic acids is 1. The molecule has 0 saturated carbocycles. The lowest BCUT2D eigenvalue weighted by atomic mass is 10.4. The monoisotopic (exact) mass is 264 g/mol. The van der Waals surface area contributed by atoms with Gasteiger partial charge in [-0.1, -0.05) is 16.9 Å². The van der Waals surface area contributed by atoms with Gasteiger partial charge in [-0.3, -0.25) is 4.79 Å². The molecule has 0 unspecified atom stereocenters. The van der Waals surface area contributed by atoms with Crippen LogP contribution >= 0.6 is 11.8 Å². The first kappa shape index (κ1) is 12.6. The second kappa shape index (κ2) is 5.63. The highest BCUT2D eigenvalue weighted by Gasteiger charge is 2.17. The van der Waals surface area contributed by atoms with Crippen LogP contribution in [0.5, 0.6) is 0 Å². The summed E-state index contributed by atoms with van der Waals surface area (Å²) in [7, 11) is 0. The van der Waals surface area contributed by atoms with Gasteiger partial charge in [-0.25, -0.2) is 9.97 Å². The average molecular weight is 264 g/mol. The van der Waals surface area contributed by atoms with E-state index in [0.29, 0.717) is 16.7 Å². The van der Waals surface area contributed by atoms with Crippen molar-refractivity contribution in [3.63, 3.8) is 0 Å². The summed E-state index contributed by atoms with van der Waals surface area (Å²) in [6, 6.07) is 3.39. The predicted molar refractivity (Wildman–Crippen MR) is 67.2 cm³/mol. The van der Waals surface area contributed by atoms with Gasteiger partial charge in [0.05, 0.1) is 5.25 Å². The zero-order chi connectivity index (χ0) is 13.0. The summed E-state index contributed by atoms with van der Waals surface area (Å²) in [5, 5.41) is 6.61. The van der Waals surface area contributed by atoms with Gasteiger partial charge in [0.1, 0.15) is 5.76 Å². The van der Waals surface area contributed by atoms with E-state index in [4.69, 9.17) is 4.52 Å². The Kier molecular flexibility index (Phi) is 3.93. The molecule has 94 valence electrons. The van der Waals surface area contributed by atoms with E-state index in [1.807, 2.05) is 0 Å². The maximum atomic E-state index is 11.9. The molecule has 0 aliphatic rings. The molecule has 0 fully saturated rings. The Balaban J connectivity index is 1.93. The first-order valence-electron chi connectivity index (χ1n) is 5.33. The number of aromatic nitrogens is 3. The summed E-state index contributed by atoms with van der Waals surface area (Å²) < 4.78 is 4.87. The Morgan fingerprint density at radius 2 is 2.17 bits per heavy atom. The zero-order valence-electron chi connectivity index (χ0n) is 9.95. The molecule has 0 aliphatic carbocycles. The Morgan fingerprint density at radius 3 is 2.78 bits per heavy atom. The van der Waals surface area contributed by atoms with Crippen LogP contribution in [0.25, 0.3) is 0 Å². The maximum Gasteiger partial charge on any atom is 0.238 e. The smallest absolute Gasteiger partial charge is 0.238 e. The number of carbonyl (C=O) groups is 1. The molecule has 7 heteroatoms. The highest BCUT2D eigenvalue weighted by Crippen LogP contribution is 2.19. The summed E-state index contributed by atoms with van der Waals surface area (Å²) in [5.41, 5.74) is 0. The number of hydrogen-bond donors (Lipinski definition) is 1. The summed E-state index contributed by atoms with van der Waals surface area (Å²) in [4.78, 5) is 20.0. The predicted octanol–water partition coefficient (Wildman–Crippen LogP) is 1.89. The molecular formula is C11H12N4O2S. The SMILES string of the molecule is Cc1cc(NC(=O)[C@@H](C)Sc2ncccn2)no1. The van der Waals surface area contributed by atoms with Gasteiger partial charge in [-0.2, -0.15) is 0 Å². The standard InChI is InChI=1S/C11H12N4O2S/c1-7-6-9(15-17-7)14-10(16)8(2)18-11-12-4-3-5-13-11/h3-6,8H,1-2H3,(H,14,15,16)/t8-/m1/s1. The number of anilines is 1. The molecule has 1 atom stereocenters. The number of nitrogens with one attached hydrogen (secondary N) is 1. The van der Waals surface area contributed by atoms with Gasteiger partial charge >= 0.3 is 0 Å². The van der Waals surface area contributed by atoms with E-state index in [0.717, 1.165) is 0 Å². The Labute approximate surface area is 108 Å². The molecule has 2 aromatic heterocycles. The molecule has 0 spiro atoms. The summed E-state index contributed by atoms with van der Waals surface area (Å²) in [5.74, 6) is 0.900. The molecule has 0 bridgehead atoms. The largest absolute Gasteiger partial charge is 0.360 e. The van der Waals surface area contributed by atoms with E-state index in [9.17, 15) is 4.79 Å². The van der Waals surface area contributed by atoms with Gasteiger partial charge in [-0.15, -0.1) is 0 Å². The van der Waals surface area contributed by atoms with Crippen molar-refractivity contribution in [3.05, 3.63) is 30.3 Å². The van der Waals surface area contributed by atoms with Crippen molar-refractivity contribution in [2.75, 3.05) is 5.32 Å². The van der Waals surface area contributed by atoms with Crippen LogP contribution in [0.2, 0.25) is 0 Å². The van der Waals surface area contributed by atoms with Gasteiger partial charge in [-0.05, 0) is 19.9 Å². The van der Waals surface area contributed by atoms with Crippen LogP contribution in [0.3, 0.4) is 0 Å². The molecule has 2 aromatic rings. The van der Waals surface area contributed by atoms with Crippen LogP contribution in [0.15, 0.2) is 34.2 Å². The van der Waals surface area contributed by atoms with Crippen LogP contribution in [-0.2, 0) is 4.79 Å². The van der Waals surface area contributed by atoms with Crippen molar-refractivity contribution in [3.8, 4) is 0 Å². The second-order valence-corrected chi connectivity index (χ2v) is 4.91. The topological polar surface area (TPSA) is 80.9 Å². The van der Waals surface area contributed by atoms with Crippen molar-refractivity contribution in [1.82, 2.24) is 15.1 Å². The third kappa shape index (κ3) is 3.30. The normalized spacial score (nSPS) is 12.1. The lowest BCUT2D eigenvalue weighted by molar-refractivity contribution is -0.115. The van der Waals surface area contributed by atoms with Gasteiger partial charge in [0.15, 0.2) is 11.0 Å². The highest BCUT2D eigenvalue weighted by atomic mass is 32.2. The third-order valence-corrected chi connectivity index (χ3v) is 3.06. The fourth-order valence-corrected chi connectivity index (χ4v) is 1.94. The zero-order valence-corrected chi connectivity index (χ0v) is 10.8. The van der Waals surface area contributed by atoms with Crippen LogP contribution in [-0.4, -0.2) is 26.3 Å². The van der Waals surface area contributed by atoms with Gasteiger partial charge < -0.3 is 9.84 Å². The Morgan fingerprint density at radius 1 is 1.44 bits per heavy atom. The van der Waals surface area contributed by atoms with Crippen LogP contribution in [0.4, 0.5) is 5.82 Å². The van der Waals surface area contributed by atoms with Crippen molar-refractivity contribution in [2.45, 2.75) is 24.3 Å². The summed E-state index contributed by atoms with van der Waals surface area (Å²) >= 11 is 1.29. The molecule has 18 heavy (non-hydrogen) atoms. The van der Waals surface area contributed by atoms with Crippen molar-refractivity contribution in [2.24, 2.45) is 0 Å². The minimum atomic E-state index is -0.315. The average Bonchev–Trinajstić information content (AvgIpc) is 2.76. The van der Waals surface area contributed by atoms with Crippen molar-refractivity contribution in [1.29, 1.82) is 0 Å². The number of nitrogens with zero attached hydrogens (tertiary/aromatic N) is 3. The number of rotatable bonds is 4. The fourth-order valence-electron chi connectivity index (χ4n) is 1.21. The molecule has 2 rings (SSSR count). The van der Waals surface area contributed by atoms with E-state index in [1.54, 1.807) is 38.4 Å². The molecule has 1 amide bonds. The molecule has 2 heterocycles. The van der Waals surface area contributed by atoms with Gasteiger partial charge in [0.25, 0.3) is 0 Å². The molecule has 1 N–H and O–H groups in total. The van der Waals surface area contributed by atoms with E-state index >= 15 is 0 Å². The van der Waals surface area contributed by atoms with E-state index in [-0.39, 0.29) is 11.2 Å². The van der Waals surface area contributed by atoms with Crippen LogP contribution in [0.1, 0.15) is 12.7 Å². The van der Waals surface area contributed by atoms with Gasteiger partial charge in [0.2, 0.25) is 5.91 Å². The Bertz CT molecular complexity index is 529. The molecule has 0 saturated heterocycles. The second-order valence-electron chi connectivity index (χ2n) is 3.60. The first-order chi connectivity index (χ1) is 8.65. The van der Waals surface area contributed by atoms with E-state index in [2.05, 4.69) is 20.4 Å². The molecule has 0 aliphatic heterocycles. The molecule has 0 aromatic carbocycles.